The third-order valence-corrected chi connectivity index (χ3v) is 1.25. The Labute approximate surface area is 74.7 Å². The van der Waals surface area contributed by atoms with Crippen LogP contribution in [0.25, 0.3) is 0 Å². The molecule has 0 bridgehead atoms. The van der Waals surface area contributed by atoms with E-state index in [1.807, 2.05) is 0 Å². The van der Waals surface area contributed by atoms with E-state index >= 15 is 0 Å². The summed E-state index contributed by atoms with van der Waals surface area (Å²) in [7, 11) is 0. The van der Waals surface area contributed by atoms with Crippen molar-refractivity contribution in [3.63, 3.8) is 0 Å². The van der Waals surface area contributed by atoms with Crippen LogP contribution in [0.5, 0.6) is 0 Å². The molecule has 0 nitrogen and oxygen atoms in total. The summed E-state index contributed by atoms with van der Waals surface area (Å²) in [6, 6.07) is 0. The Hall–Kier alpha value is 0.900. The molecule has 0 spiro atoms. The number of alkyl halides is 4. The molecule has 4 heteroatoms. The monoisotopic (exact) mass is 206 g/mol. The molecule has 0 aliphatic heterocycles. The third-order valence-electron chi connectivity index (χ3n) is 0.605. The minimum atomic E-state index is -1.18. The Morgan fingerprint density at radius 2 is 1.67 bits per heavy atom. The first-order valence-corrected chi connectivity index (χ1v) is 4.01. The smallest absolute Gasteiger partial charge is 0.122 e. The van der Waals surface area contributed by atoms with Crippen molar-refractivity contribution in [2.45, 2.75) is 10.2 Å². The van der Waals surface area contributed by atoms with Gasteiger partial charge in [-0.25, -0.2) is 0 Å². The normalized spacial score (nSPS) is 12.9. The van der Waals surface area contributed by atoms with Gasteiger partial charge in [-0.05, 0) is 0 Å². The van der Waals surface area contributed by atoms with Crippen LogP contribution < -0.4 is 0 Å². The van der Waals surface area contributed by atoms with E-state index in [1.165, 1.54) is 0 Å². The van der Waals surface area contributed by atoms with Crippen molar-refractivity contribution in [2.24, 2.45) is 0 Å². The van der Waals surface area contributed by atoms with Crippen molar-refractivity contribution in [3.05, 3.63) is 12.2 Å². The second kappa shape index (κ2) is 4.68. The fraction of sp³-hybridized carbons (Fsp3) is 0.600. The average molecular weight is 208 g/mol. The summed E-state index contributed by atoms with van der Waals surface area (Å²) in [5.74, 6) is 0.459. The van der Waals surface area contributed by atoms with Crippen LogP contribution in [0.2, 0.25) is 0 Å². The van der Waals surface area contributed by atoms with Gasteiger partial charge >= 0.3 is 0 Å². The van der Waals surface area contributed by atoms with Crippen LogP contribution in [0.4, 0.5) is 0 Å². The molecule has 54 valence electrons. The standard InChI is InChI=1S/C5H6Cl4/c6-4-2-1-3-5(7,8)9/h1-2H,3-4H2/b2-1+. The largest absolute Gasteiger partial charge is 0.194 e. The highest BCUT2D eigenvalue weighted by Gasteiger charge is 2.16. The van der Waals surface area contributed by atoms with Crippen molar-refractivity contribution in [3.8, 4) is 0 Å². The molecule has 0 rings (SSSR count). The van der Waals surface area contributed by atoms with E-state index in [4.69, 9.17) is 46.4 Å². The number of hydrogen-bond donors (Lipinski definition) is 0. The Morgan fingerprint density at radius 3 is 2.00 bits per heavy atom. The maximum absolute atomic E-state index is 5.41. The van der Waals surface area contributed by atoms with E-state index in [0.717, 1.165) is 0 Å². The maximum Gasteiger partial charge on any atom is 0.194 e. The van der Waals surface area contributed by atoms with Crippen LogP contribution in [-0.2, 0) is 0 Å². The molecular weight excluding hydrogens is 202 g/mol. The minimum Gasteiger partial charge on any atom is -0.122 e. The van der Waals surface area contributed by atoms with Crippen LogP contribution in [0.3, 0.4) is 0 Å². The SMILES string of the molecule is ClC/C=C/CC(Cl)(Cl)Cl. The van der Waals surface area contributed by atoms with Crippen LogP contribution in [0.15, 0.2) is 12.2 Å². The highest BCUT2D eigenvalue weighted by molar-refractivity contribution is 6.67. The molecule has 0 aromatic rings. The van der Waals surface area contributed by atoms with Gasteiger partial charge in [-0.2, -0.15) is 0 Å². The van der Waals surface area contributed by atoms with Gasteiger partial charge in [0.2, 0.25) is 0 Å². The lowest BCUT2D eigenvalue weighted by atomic mass is 10.4. The summed E-state index contributed by atoms with van der Waals surface area (Å²) in [5, 5.41) is 0. The summed E-state index contributed by atoms with van der Waals surface area (Å²) < 4.78 is -1.18. The fourth-order valence-electron chi connectivity index (χ4n) is 0.280. The summed E-state index contributed by atoms with van der Waals surface area (Å²) in [5.41, 5.74) is 0. The lowest BCUT2D eigenvalue weighted by molar-refractivity contribution is 1.07. The Balaban J connectivity index is 3.38. The zero-order valence-corrected chi connectivity index (χ0v) is 7.60. The zero-order chi connectivity index (χ0) is 7.33. The molecule has 0 amide bonds. The molecule has 0 aliphatic carbocycles. The Bertz CT molecular complexity index is 91.6. The van der Waals surface area contributed by atoms with Crippen LogP contribution in [-0.4, -0.2) is 9.67 Å². The van der Waals surface area contributed by atoms with Gasteiger partial charge in [0, 0.05) is 12.3 Å². The summed E-state index contributed by atoms with van der Waals surface area (Å²) >= 11 is 21.5. The van der Waals surface area contributed by atoms with E-state index in [-0.39, 0.29) is 0 Å². The second-order valence-electron chi connectivity index (χ2n) is 1.45. The van der Waals surface area contributed by atoms with Gasteiger partial charge in [-0.1, -0.05) is 47.0 Å². The lowest BCUT2D eigenvalue weighted by Crippen LogP contribution is -1.97. The van der Waals surface area contributed by atoms with Gasteiger partial charge in [-0.15, -0.1) is 11.6 Å². The molecule has 0 atom stereocenters. The maximum atomic E-state index is 5.41. The number of rotatable bonds is 2. The van der Waals surface area contributed by atoms with E-state index in [9.17, 15) is 0 Å². The van der Waals surface area contributed by atoms with Crippen molar-refractivity contribution in [1.29, 1.82) is 0 Å². The first-order valence-electron chi connectivity index (χ1n) is 2.34. The molecule has 0 saturated heterocycles. The Morgan fingerprint density at radius 1 is 1.11 bits per heavy atom. The van der Waals surface area contributed by atoms with Gasteiger partial charge < -0.3 is 0 Å². The second-order valence-corrected chi connectivity index (χ2v) is 4.27. The van der Waals surface area contributed by atoms with E-state index in [2.05, 4.69) is 0 Å². The van der Waals surface area contributed by atoms with E-state index < -0.39 is 3.79 Å². The first-order chi connectivity index (χ1) is 4.06. The highest BCUT2D eigenvalue weighted by Crippen LogP contribution is 2.30. The molecule has 0 N–H and O–H groups in total. The molecule has 0 saturated carbocycles. The van der Waals surface area contributed by atoms with Gasteiger partial charge in [0.15, 0.2) is 3.79 Å². The molecule has 0 fully saturated rings. The summed E-state index contributed by atoms with van der Waals surface area (Å²) in [4.78, 5) is 0. The van der Waals surface area contributed by atoms with Gasteiger partial charge in [-0.3, -0.25) is 0 Å². The van der Waals surface area contributed by atoms with Crippen LogP contribution in [0.1, 0.15) is 6.42 Å². The zero-order valence-electron chi connectivity index (χ0n) is 4.58. The van der Waals surface area contributed by atoms with Crippen molar-refractivity contribution in [2.75, 3.05) is 5.88 Å². The lowest BCUT2D eigenvalue weighted by Gasteiger charge is -2.04. The van der Waals surface area contributed by atoms with Crippen LogP contribution >= 0.6 is 46.4 Å². The number of halogens is 4. The molecule has 9 heavy (non-hydrogen) atoms. The van der Waals surface area contributed by atoms with Crippen molar-refractivity contribution in [1.82, 2.24) is 0 Å². The molecule has 0 aromatic carbocycles. The molecular formula is C5H6Cl4. The van der Waals surface area contributed by atoms with E-state index in [0.29, 0.717) is 12.3 Å². The van der Waals surface area contributed by atoms with Gasteiger partial charge in [0.1, 0.15) is 0 Å². The quantitative estimate of drug-likeness (QED) is 0.480. The molecule has 0 unspecified atom stereocenters. The van der Waals surface area contributed by atoms with E-state index in [1.54, 1.807) is 12.2 Å². The van der Waals surface area contributed by atoms with Gasteiger partial charge in [0.05, 0.1) is 0 Å². The highest BCUT2D eigenvalue weighted by atomic mass is 35.6. The minimum absolute atomic E-state index is 0.407. The third kappa shape index (κ3) is 8.90. The molecule has 0 radical (unpaired) electrons. The number of hydrogen-bond acceptors (Lipinski definition) is 0. The molecule has 0 heterocycles. The van der Waals surface area contributed by atoms with Crippen molar-refractivity contribution >= 4 is 46.4 Å². The Kier molecular flexibility index (Phi) is 5.14. The summed E-state index contributed by atoms with van der Waals surface area (Å²) in [6.07, 6.45) is 3.88. The number of allylic oxidation sites excluding steroid dienone is 2. The van der Waals surface area contributed by atoms with Gasteiger partial charge in [0.25, 0.3) is 0 Å². The average Bonchev–Trinajstić information content (AvgIpc) is 1.63. The van der Waals surface area contributed by atoms with Crippen LogP contribution in [0, 0.1) is 0 Å². The molecule has 0 aromatic heterocycles. The predicted octanol–water partition coefficient (Wildman–Crippen LogP) is 3.54. The topological polar surface area (TPSA) is 0 Å². The predicted molar refractivity (Wildman–Crippen MR) is 44.8 cm³/mol. The first kappa shape index (κ1) is 9.90. The van der Waals surface area contributed by atoms with Crippen molar-refractivity contribution < 1.29 is 0 Å². The summed E-state index contributed by atoms with van der Waals surface area (Å²) in [6.45, 7) is 0. The molecule has 0 aliphatic rings. The fourth-order valence-corrected chi connectivity index (χ4v) is 0.673.